The van der Waals surface area contributed by atoms with Crippen LogP contribution in [-0.4, -0.2) is 22.1 Å². The van der Waals surface area contributed by atoms with Gasteiger partial charge in [0.25, 0.3) is 0 Å². The highest BCUT2D eigenvalue weighted by Gasteiger charge is 2.14. The molecule has 5 heteroatoms. The number of carbonyl (C=O) groups excluding carboxylic acids is 1. The normalized spacial score (nSPS) is 11.8. The Balaban J connectivity index is 2.17. The number of aromatic hydroxyl groups is 1. The van der Waals surface area contributed by atoms with E-state index in [9.17, 15) is 14.7 Å². The van der Waals surface area contributed by atoms with Gasteiger partial charge in [0.2, 0.25) is 5.91 Å². The van der Waals surface area contributed by atoms with E-state index in [1.54, 1.807) is 30.3 Å². The molecule has 2 rings (SSSR count). The number of hydrogen-bond acceptors (Lipinski definition) is 3. The van der Waals surface area contributed by atoms with Crippen molar-refractivity contribution in [3.63, 3.8) is 0 Å². The lowest BCUT2D eigenvalue weighted by Crippen LogP contribution is -2.16. The molecule has 5 nitrogen and oxygen atoms in total. The minimum absolute atomic E-state index is 0.0121. The van der Waals surface area contributed by atoms with Gasteiger partial charge in [-0.3, -0.25) is 4.79 Å². The Morgan fingerprint density at radius 3 is 2.54 bits per heavy atom. The summed E-state index contributed by atoms with van der Waals surface area (Å²) >= 11 is 0. The fraction of sp³-hybridized carbons (Fsp3) is 0.263. The fourth-order valence-electron chi connectivity index (χ4n) is 2.45. The highest BCUT2D eigenvalue weighted by atomic mass is 16.4. The SMILES string of the molecule is CC[C@@H](C)c1ccc(O)c(NC(=O)Cc2ccccc2C(=O)O)c1. The maximum absolute atomic E-state index is 12.2. The number of benzene rings is 2. The number of aromatic carboxylic acids is 1. The van der Waals surface area contributed by atoms with Crippen LogP contribution in [0.25, 0.3) is 0 Å². The first-order chi connectivity index (χ1) is 11.4. The Bertz CT molecular complexity index is 755. The van der Waals surface area contributed by atoms with Gasteiger partial charge in [-0.2, -0.15) is 0 Å². The second-order valence-corrected chi connectivity index (χ2v) is 5.77. The van der Waals surface area contributed by atoms with Crippen molar-refractivity contribution in [3.8, 4) is 5.75 Å². The Morgan fingerprint density at radius 2 is 1.88 bits per heavy atom. The van der Waals surface area contributed by atoms with E-state index in [2.05, 4.69) is 19.2 Å². The average molecular weight is 327 g/mol. The summed E-state index contributed by atoms with van der Waals surface area (Å²) in [5.41, 5.74) is 1.90. The van der Waals surface area contributed by atoms with E-state index in [1.165, 1.54) is 6.07 Å². The Morgan fingerprint density at radius 1 is 1.17 bits per heavy atom. The van der Waals surface area contributed by atoms with Crippen LogP contribution in [0.3, 0.4) is 0 Å². The monoisotopic (exact) mass is 327 g/mol. The number of carboxylic acids is 1. The number of amides is 1. The number of anilines is 1. The van der Waals surface area contributed by atoms with Gasteiger partial charge >= 0.3 is 5.97 Å². The molecular weight excluding hydrogens is 306 g/mol. The highest BCUT2D eigenvalue weighted by Crippen LogP contribution is 2.29. The standard InChI is InChI=1S/C19H21NO4/c1-3-12(2)13-8-9-17(21)16(10-13)20-18(22)11-14-6-4-5-7-15(14)19(23)24/h4-10,12,21H,3,11H2,1-2H3,(H,20,22)(H,23,24)/t12-/m1/s1. The third kappa shape index (κ3) is 4.13. The number of hydrogen-bond donors (Lipinski definition) is 3. The quantitative estimate of drug-likeness (QED) is 0.705. The average Bonchev–Trinajstić information content (AvgIpc) is 2.56. The third-order valence-electron chi connectivity index (χ3n) is 4.07. The van der Waals surface area contributed by atoms with Crippen molar-refractivity contribution < 1.29 is 19.8 Å². The van der Waals surface area contributed by atoms with Crippen molar-refractivity contribution in [2.45, 2.75) is 32.6 Å². The van der Waals surface area contributed by atoms with E-state index >= 15 is 0 Å². The van der Waals surface area contributed by atoms with Gasteiger partial charge in [0.15, 0.2) is 0 Å². The smallest absolute Gasteiger partial charge is 0.335 e. The summed E-state index contributed by atoms with van der Waals surface area (Å²) in [5, 5.41) is 21.8. The first kappa shape index (κ1) is 17.5. The van der Waals surface area contributed by atoms with Gasteiger partial charge in [-0.05, 0) is 41.7 Å². The zero-order valence-corrected chi connectivity index (χ0v) is 13.7. The minimum Gasteiger partial charge on any atom is -0.506 e. The zero-order chi connectivity index (χ0) is 17.7. The lowest BCUT2D eigenvalue weighted by molar-refractivity contribution is -0.115. The van der Waals surface area contributed by atoms with Gasteiger partial charge in [-0.15, -0.1) is 0 Å². The summed E-state index contributed by atoms with van der Waals surface area (Å²) in [7, 11) is 0. The lowest BCUT2D eigenvalue weighted by Gasteiger charge is -2.13. The minimum atomic E-state index is -1.07. The van der Waals surface area contributed by atoms with E-state index in [0.717, 1.165) is 12.0 Å². The highest BCUT2D eigenvalue weighted by molar-refractivity contribution is 5.96. The van der Waals surface area contributed by atoms with Crippen LogP contribution in [0.5, 0.6) is 5.75 Å². The van der Waals surface area contributed by atoms with Crippen molar-refractivity contribution in [1.82, 2.24) is 0 Å². The second kappa shape index (κ2) is 7.64. The first-order valence-electron chi connectivity index (χ1n) is 7.86. The molecule has 1 amide bonds. The van der Waals surface area contributed by atoms with Crippen molar-refractivity contribution in [2.24, 2.45) is 0 Å². The molecule has 0 saturated carbocycles. The maximum Gasteiger partial charge on any atom is 0.335 e. The van der Waals surface area contributed by atoms with Gasteiger partial charge in [0.1, 0.15) is 5.75 Å². The predicted molar refractivity (Wildman–Crippen MR) is 92.5 cm³/mol. The molecular formula is C19H21NO4. The molecule has 24 heavy (non-hydrogen) atoms. The van der Waals surface area contributed by atoms with Gasteiger partial charge in [0, 0.05) is 0 Å². The summed E-state index contributed by atoms with van der Waals surface area (Å²) in [6, 6.07) is 11.5. The van der Waals surface area contributed by atoms with Crippen molar-refractivity contribution in [3.05, 3.63) is 59.2 Å². The van der Waals surface area contributed by atoms with E-state index in [1.807, 2.05) is 6.07 Å². The number of rotatable bonds is 6. The molecule has 1 atom stereocenters. The van der Waals surface area contributed by atoms with Crippen LogP contribution in [0.1, 0.15) is 47.7 Å². The number of phenols is 1. The van der Waals surface area contributed by atoms with E-state index < -0.39 is 5.97 Å². The molecule has 126 valence electrons. The molecule has 2 aromatic carbocycles. The molecule has 0 fully saturated rings. The molecule has 0 heterocycles. The lowest BCUT2D eigenvalue weighted by atomic mass is 9.98. The molecule has 0 aliphatic heterocycles. The van der Waals surface area contributed by atoms with Gasteiger partial charge < -0.3 is 15.5 Å². The molecule has 0 radical (unpaired) electrons. The fourth-order valence-corrected chi connectivity index (χ4v) is 2.45. The number of carboxylic acid groups (broad SMARTS) is 1. The second-order valence-electron chi connectivity index (χ2n) is 5.77. The molecule has 0 aliphatic rings. The largest absolute Gasteiger partial charge is 0.506 e. The van der Waals surface area contributed by atoms with E-state index in [0.29, 0.717) is 17.2 Å². The molecule has 0 saturated heterocycles. The van der Waals surface area contributed by atoms with Crippen LogP contribution in [0.15, 0.2) is 42.5 Å². The topological polar surface area (TPSA) is 86.6 Å². The maximum atomic E-state index is 12.2. The van der Waals surface area contributed by atoms with Crippen LogP contribution < -0.4 is 5.32 Å². The molecule has 0 spiro atoms. The molecule has 0 unspecified atom stereocenters. The summed E-state index contributed by atoms with van der Waals surface area (Å²) in [6.45, 7) is 4.14. The molecule has 0 aromatic heterocycles. The molecule has 2 aromatic rings. The third-order valence-corrected chi connectivity index (χ3v) is 4.07. The van der Waals surface area contributed by atoms with Gasteiger partial charge in [-0.25, -0.2) is 4.79 Å². The Labute approximate surface area is 141 Å². The Hall–Kier alpha value is -2.82. The van der Waals surface area contributed by atoms with E-state index in [-0.39, 0.29) is 23.6 Å². The van der Waals surface area contributed by atoms with Gasteiger partial charge in [-0.1, -0.05) is 38.1 Å². The van der Waals surface area contributed by atoms with Gasteiger partial charge in [0.05, 0.1) is 17.7 Å². The number of nitrogens with one attached hydrogen (secondary N) is 1. The van der Waals surface area contributed by atoms with Crippen molar-refractivity contribution >= 4 is 17.6 Å². The number of carbonyl (C=O) groups is 2. The molecule has 3 N–H and O–H groups in total. The van der Waals surface area contributed by atoms with Crippen LogP contribution in [-0.2, 0) is 11.2 Å². The first-order valence-corrected chi connectivity index (χ1v) is 7.86. The molecule has 0 bridgehead atoms. The van der Waals surface area contributed by atoms with Crippen LogP contribution >= 0.6 is 0 Å². The van der Waals surface area contributed by atoms with Crippen molar-refractivity contribution in [1.29, 1.82) is 0 Å². The zero-order valence-electron chi connectivity index (χ0n) is 13.7. The summed E-state index contributed by atoms with van der Waals surface area (Å²) in [6.07, 6.45) is 0.875. The summed E-state index contributed by atoms with van der Waals surface area (Å²) in [5.74, 6) is -1.14. The van der Waals surface area contributed by atoms with Crippen LogP contribution in [0.2, 0.25) is 0 Å². The predicted octanol–water partition coefficient (Wildman–Crippen LogP) is 3.79. The van der Waals surface area contributed by atoms with Crippen LogP contribution in [0, 0.1) is 0 Å². The Kier molecular flexibility index (Phi) is 5.58. The summed E-state index contributed by atoms with van der Waals surface area (Å²) < 4.78 is 0. The number of phenolic OH excluding ortho intramolecular Hbond substituents is 1. The summed E-state index contributed by atoms with van der Waals surface area (Å²) in [4.78, 5) is 23.4. The van der Waals surface area contributed by atoms with Crippen molar-refractivity contribution in [2.75, 3.05) is 5.32 Å². The van der Waals surface area contributed by atoms with E-state index in [4.69, 9.17) is 5.11 Å². The van der Waals surface area contributed by atoms with Crippen LogP contribution in [0.4, 0.5) is 5.69 Å². The molecule has 0 aliphatic carbocycles.